The molecule has 0 saturated heterocycles. The number of rotatable bonds is 6. The van der Waals surface area contributed by atoms with Crippen LogP contribution in [-0.2, 0) is 16.6 Å². The highest BCUT2D eigenvalue weighted by molar-refractivity contribution is 7.89. The summed E-state index contributed by atoms with van der Waals surface area (Å²) in [6.45, 7) is 5.04. The summed E-state index contributed by atoms with van der Waals surface area (Å²) >= 11 is 0. The first kappa shape index (κ1) is 15.1. The van der Waals surface area contributed by atoms with E-state index in [1.54, 1.807) is 19.2 Å². The van der Waals surface area contributed by atoms with E-state index >= 15 is 0 Å². The monoisotopic (exact) mass is 270 g/mol. The van der Waals surface area contributed by atoms with Gasteiger partial charge in [0.2, 0.25) is 10.0 Å². The summed E-state index contributed by atoms with van der Waals surface area (Å²) in [6.07, 6.45) is 0.810. The molecule has 0 bridgehead atoms. The Morgan fingerprint density at radius 2 is 2.00 bits per heavy atom. The molecule has 0 spiro atoms. The van der Waals surface area contributed by atoms with Gasteiger partial charge >= 0.3 is 0 Å². The van der Waals surface area contributed by atoms with Crippen molar-refractivity contribution in [3.63, 3.8) is 0 Å². The van der Waals surface area contributed by atoms with Gasteiger partial charge in [-0.2, -0.15) is 0 Å². The molecule has 0 saturated carbocycles. The summed E-state index contributed by atoms with van der Waals surface area (Å²) in [6, 6.07) is 5.42. The number of benzene rings is 1. The minimum Gasteiger partial charge on any atom is -0.316 e. The van der Waals surface area contributed by atoms with Crippen LogP contribution in [0.15, 0.2) is 23.1 Å². The molecule has 1 N–H and O–H groups in total. The van der Waals surface area contributed by atoms with Crippen LogP contribution in [0.4, 0.5) is 0 Å². The maximum absolute atomic E-state index is 12.4. The summed E-state index contributed by atoms with van der Waals surface area (Å²) in [4.78, 5) is 0.409. The maximum atomic E-state index is 12.4. The van der Waals surface area contributed by atoms with Crippen molar-refractivity contribution in [2.24, 2.45) is 0 Å². The number of hydrogen-bond acceptors (Lipinski definition) is 3. The SMILES string of the molecule is CCCN(C)S(=O)(=O)c1cccc(CNC)c1C. The zero-order valence-corrected chi connectivity index (χ0v) is 12.3. The van der Waals surface area contributed by atoms with Gasteiger partial charge < -0.3 is 5.32 Å². The Morgan fingerprint density at radius 1 is 1.33 bits per heavy atom. The molecule has 0 atom stereocenters. The van der Waals surface area contributed by atoms with Gasteiger partial charge in [-0.3, -0.25) is 0 Å². The van der Waals surface area contributed by atoms with E-state index in [-0.39, 0.29) is 0 Å². The van der Waals surface area contributed by atoms with Gasteiger partial charge in [0.15, 0.2) is 0 Å². The van der Waals surface area contributed by atoms with E-state index in [1.807, 2.05) is 27.0 Å². The number of nitrogens with one attached hydrogen (secondary N) is 1. The molecule has 1 aromatic carbocycles. The summed E-state index contributed by atoms with van der Waals surface area (Å²) in [5.74, 6) is 0. The van der Waals surface area contributed by atoms with Crippen LogP contribution in [-0.4, -0.2) is 33.4 Å². The zero-order valence-electron chi connectivity index (χ0n) is 11.5. The van der Waals surface area contributed by atoms with Crippen molar-refractivity contribution in [2.45, 2.75) is 31.7 Å². The fourth-order valence-electron chi connectivity index (χ4n) is 1.92. The molecule has 0 heterocycles. The van der Waals surface area contributed by atoms with Crippen molar-refractivity contribution < 1.29 is 8.42 Å². The first-order valence-corrected chi connectivity index (χ1v) is 7.58. The summed E-state index contributed by atoms with van der Waals surface area (Å²) in [5, 5.41) is 3.05. The Balaban J connectivity index is 3.21. The largest absolute Gasteiger partial charge is 0.316 e. The van der Waals surface area contributed by atoms with Crippen LogP contribution in [0.2, 0.25) is 0 Å². The van der Waals surface area contributed by atoms with E-state index in [4.69, 9.17) is 0 Å². The Morgan fingerprint density at radius 3 is 2.56 bits per heavy atom. The van der Waals surface area contributed by atoms with Crippen molar-refractivity contribution >= 4 is 10.0 Å². The molecule has 0 radical (unpaired) electrons. The third-order valence-corrected chi connectivity index (χ3v) is 4.99. The normalized spacial score (nSPS) is 12.1. The predicted octanol–water partition coefficient (Wildman–Crippen LogP) is 1.74. The highest BCUT2D eigenvalue weighted by atomic mass is 32.2. The molecule has 18 heavy (non-hydrogen) atoms. The summed E-state index contributed by atoms with van der Waals surface area (Å²) in [5.41, 5.74) is 1.85. The predicted molar refractivity (Wildman–Crippen MR) is 74.0 cm³/mol. The standard InChI is InChI=1S/C13H22N2O2S/c1-5-9-15(4)18(16,17)13-8-6-7-12(10-14-3)11(13)2/h6-8,14H,5,9-10H2,1-4H3. The molecule has 1 rings (SSSR count). The second-order valence-electron chi connectivity index (χ2n) is 4.40. The van der Waals surface area contributed by atoms with Crippen LogP contribution in [0.5, 0.6) is 0 Å². The number of nitrogens with zero attached hydrogens (tertiary/aromatic N) is 1. The third-order valence-electron chi connectivity index (χ3n) is 2.99. The highest BCUT2D eigenvalue weighted by Crippen LogP contribution is 2.22. The van der Waals surface area contributed by atoms with Gasteiger partial charge in [-0.25, -0.2) is 12.7 Å². The molecular formula is C13H22N2O2S. The van der Waals surface area contributed by atoms with E-state index in [2.05, 4.69) is 5.32 Å². The molecule has 5 heteroatoms. The maximum Gasteiger partial charge on any atom is 0.243 e. The topological polar surface area (TPSA) is 49.4 Å². The third kappa shape index (κ3) is 3.10. The van der Waals surface area contributed by atoms with Crippen LogP contribution in [0.25, 0.3) is 0 Å². The first-order valence-electron chi connectivity index (χ1n) is 6.14. The first-order chi connectivity index (χ1) is 8.45. The van der Waals surface area contributed by atoms with Crippen molar-refractivity contribution in [1.29, 1.82) is 0 Å². The Kier molecular flexibility index (Phi) is 5.31. The average molecular weight is 270 g/mol. The van der Waals surface area contributed by atoms with Gasteiger partial charge in [-0.05, 0) is 37.6 Å². The summed E-state index contributed by atoms with van der Waals surface area (Å²) < 4.78 is 26.2. The van der Waals surface area contributed by atoms with Gasteiger partial charge in [0, 0.05) is 20.1 Å². The second-order valence-corrected chi connectivity index (χ2v) is 6.41. The Labute approximate surface area is 110 Å². The molecule has 0 amide bonds. The lowest BCUT2D eigenvalue weighted by Crippen LogP contribution is -2.28. The van der Waals surface area contributed by atoms with Crippen LogP contribution in [0.3, 0.4) is 0 Å². The van der Waals surface area contributed by atoms with E-state index in [0.29, 0.717) is 18.0 Å². The number of sulfonamides is 1. The van der Waals surface area contributed by atoms with E-state index in [9.17, 15) is 8.42 Å². The summed E-state index contributed by atoms with van der Waals surface area (Å²) in [7, 11) is 0.112. The van der Waals surface area contributed by atoms with E-state index in [0.717, 1.165) is 17.5 Å². The molecule has 0 aromatic heterocycles. The second kappa shape index (κ2) is 6.31. The molecule has 1 aromatic rings. The minimum absolute atomic E-state index is 0.409. The smallest absolute Gasteiger partial charge is 0.243 e. The van der Waals surface area contributed by atoms with E-state index in [1.165, 1.54) is 4.31 Å². The quantitative estimate of drug-likeness (QED) is 0.856. The lowest BCUT2D eigenvalue weighted by Gasteiger charge is -2.19. The van der Waals surface area contributed by atoms with Crippen LogP contribution in [0.1, 0.15) is 24.5 Å². The molecule has 0 unspecified atom stereocenters. The molecule has 0 aliphatic heterocycles. The fraction of sp³-hybridized carbons (Fsp3) is 0.538. The van der Waals surface area contributed by atoms with Crippen molar-refractivity contribution in [1.82, 2.24) is 9.62 Å². The zero-order chi connectivity index (χ0) is 13.8. The minimum atomic E-state index is -3.37. The molecule has 4 nitrogen and oxygen atoms in total. The fourth-order valence-corrected chi connectivity index (χ4v) is 3.45. The van der Waals surface area contributed by atoms with Crippen LogP contribution in [0, 0.1) is 6.92 Å². The van der Waals surface area contributed by atoms with E-state index < -0.39 is 10.0 Å². The van der Waals surface area contributed by atoms with Gasteiger partial charge in [-0.15, -0.1) is 0 Å². The van der Waals surface area contributed by atoms with Crippen LogP contribution < -0.4 is 5.32 Å². The van der Waals surface area contributed by atoms with Gasteiger partial charge in [-0.1, -0.05) is 19.1 Å². The van der Waals surface area contributed by atoms with Crippen molar-refractivity contribution in [3.05, 3.63) is 29.3 Å². The number of hydrogen-bond donors (Lipinski definition) is 1. The van der Waals surface area contributed by atoms with Crippen molar-refractivity contribution in [3.8, 4) is 0 Å². The highest BCUT2D eigenvalue weighted by Gasteiger charge is 2.22. The Bertz CT molecular complexity index is 498. The van der Waals surface area contributed by atoms with Crippen LogP contribution >= 0.6 is 0 Å². The molecule has 0 aliphatic carbocycles. The molecule has 102 valence electrons. The van der Waals surface area contributed by atoms with Gasteiger partial charge in [0.25, 0.3) is 0 Å². The lowest BCUT2D eigenvalue weighted by atomic mass is 10.1. The molecule has 0 fully saturated rings. The Hall–Kier alpha value is -0.910. The molecule has 0 aliphatic rings. The lowest BCUT2D eigenvalue weighted by molar-refractivity contribution is 0.468. The van der Waals surface area contributed by atoms with Gasteiger partial charge in [0.1, 0.15) is 0 Å². The van der Waals surface area contributed by atoms with Crippen molar-refractivity contribution in [2.75, 3.05) is 20.6 Å². The van der Waals surface area contributed by atoms with Gasteiger partial charge in [0.05, 0.1) is 4.90 Å². The molecular weight excluding hydrogens is 248 g/mol. The average Bonchev–Trinajstić information content (AvgIpc) is 2.32.